The smallest absolute Gasteiger partial charge is 0.0771 e. The molecule has 4 unspecified atom stereocenters. The molecule has 0 aromatic carbocycles. The fourth-order valence-corrected chi connectivity index (χ4v) is 2.19. The maximum Gasteiger partial charge on any atom is 0.0771 e. The van der Waals surface area contributed by atoms with E-state index in [4.69, 9.17) is 25.5 Å². The van der Waals surface area contributed by atoms with Crippen LogP contribution >= 0.6 is 0 Å². The summed E-state index contributed by atoms with van der Waals surface area (Å²) in [6.07, 6.45) is 6.68. The standard InChI is InChI=1S/C11H24O3.C7H16O3/c1-2-3-4-6-10(13)7-5-8-11(14)9-12;1-6(9)3-2-4-7(10)5-8/h10-14H,2-9H2,1H3;6-10H,2-5H2,1H3. The van der Waals surface area contributed by atoms with Crippen LogP contribution in [0.1, 0.15) is 78.1 Å². The SMILES string of the molecule is CC(O)CCCC(O)CO.CCCCCC(O)CCCC(O)CO. The van der Waals surface area contributed by atoms with Crippen molar-refractivity contribution >= 4 is 0 Å². The third kappa shape index (κ3) is 21.8. The second kappa shape index (κ2) is 19.1. The van der Waals surface area contributed by atoms with Gasteiger partial charge >= 0.3 is 0 Å². The van der Waals surface area contributed by atoms with Gasteiger partial charge in [0.15, 0.2) is 0 Å². The summed E-state index contributed by atoms with van der Waals surface area (Å²) in [5.74, 6) is 0. The van der Waals surface area contributed by atoms with Crippen molar-refractivity contribution in [3.63, 3.8) is 0 Å². The van der Waals surface area contributed by atoms with E-state index < -0.39 is 12.2 Å². The lowest BCUT2D eigenvalue weighted by Crippen LogP contribution is -2.13. The van der Waals surface area contributed by atoms with Gasteiger partial charge in [0.05, 0.1) is 37.6 Å². The molecule has 0 saturated heterocycles. The van der Waals surface area contributed by atoms with Crippen LogP contribution in [0.2, 0.25) is 0 Å². The summed E-state index contributed by atoms with van der Waals surface area (Å²) in [4.78, 5) is 0. The summed E-state index contributed by atoms with van der Waals surface area (Å²) < 4.78 is 0. The predicted octanol–water partition coefficient (Wildman–Crippen LogP) is 1.34. The molecule has 0 amide bonds. The average molecular weight is 353 g/mol. The lowest BCUT2D eigenvalue weighted by atomic mass is 10.0. The number of aliphatic hydroxyl groups is 6. The van der Waals surface area contributed by atoms with Gasteiger partial charge in [-0.3, -0.25) is 0 Å². The minimum absolute atomic E-state index is 0.175. The molecule has 0 fully saturated rings. The monoisotopic (exact) mass is 352 g/mol. The zero-order valence-electron chi connectivity index (χ0n) is 15.5. The molecule has 0 saturated carbocycles. The Labute approximate surface area is 147 Å². The van der Waals surface area contributed by atoms with Crippen LogP contribution in [0.4, 0.5) is 0 Å². The molecule has 0 radical (unpaired) electrons. The summed E-state index contributed by atoms with van der Waals surface area (Å²) in [7, 11) is 0. The molecule has 6 nitrogen and oxygen atoms in total. The number of hydrogen-bond acceptors (Lipinski definition) is 6. The number of unbranched alkanes of at least 4 members (excludes halogenated alkanes) is 2. The molecule has 0 aliphatic heterocycles. The topological polar surface area (TPSA) is 121 Å². The highest BCUT2D eigenvalue weighted by atomic mass is 16.3. The van der Waals surface area contributed by atoms with Gasteiger partial charge in [0.25, 0.3) is 0 Å². The van der Waals surface area contributed by atoms with E-state index in [9.17, 15) is 5.11 Å². The van der Waals surface area contributed by atoms with E-state index in [0.717, 1.165) is 32.1 Å². The van der Waals surface area contributed by atoms with Gasteiger partial charge in [-0.05, 0) is 51.9 Å². The normalized spacial score (nSPS) is 16.0. The highest BCUT2D eigenvalue weighted by Gasteiger charge is 2.06. The largest absolute Gasteiger partial charge is 0.394 e. The first-order chi connectivity index (χ1) is 11.4. The Kier molecular flexibility index (Phi) is 20.7. The fraction of sp³-hybridized carbons (Fsp3) is 1.00. The average Bonchev–Trinajstić information content (AvgIpc) is 2.55. The van der Waals surface area contributed by atoms with Crippen molar-refractivity contribution in [1.82, 2.24) is 0 Å². The zero-order chi connectivity index (χ0) is 18.8. The van der Waals surface area contributed by atoms with Crippen LogP contribution in [0.25, 0.3) is 0 Å². The van der Waals surface area contributed by atoms with Crippen molar-refractivity contribution in [2.45, 2.75) is 102 Å². The molecule has 0 heterocycles. The van der Waals surface area contributed by atoms with Gasteiger partial charge < -0.3 is 30.6 Å². The molecule has 24 heavy (non-hydrogen) atoms. The minimum atomic E-state index is -0.613. The van der Waals surface area contributed by atoms with Crippen LogP contribution in [0.3, 0.4) is 0 Å². The molecule has 0 spiro atoms. The van der Waals surface area contributed by atoms with Gasteiger partial charge in [-0.15, -0.1) is 0 Å². The molecule has 6 heteroatoms. The molecule has 0 bridgehead atoms. The molecule has 0 aromatic heterocycles. The summed E-state index contributed by atoms with van der Waals surface area (Å²) in [6, 6.07) is 0. The summed E-state index contributed by atoms with van der Waals surface area (Å²) in [5.41, 5.74) is 0. The first kappa shape index (κ1) is 26.0. The molecular formula is C18H40O6. The van der Waals surface area contributed by atoms with Crippen molar-refractivity contribution in [2.75, 3.05) is 13.2 Å². The zero-order valence-corrected chi connectivity index (χ0v) is 15.5. The number of aliphatic hydroxyl groups excluding tert-OH is 6. The van der Waals surface area contributed by atoms with Crippen molar-refractivity contribution in [3.05, 3.63) is 0 Å². The van der Waals surface area contributed by atoms with E-state index in [1.165, 1.54) is 12.8 Å². The Morgan fingerprint density at radius 2 is 1.00 bits per heavy atom. The lowest BCUT2D eigenvalue weighted by molar-refractivity contribution is 0.0790. The van der Waals surface area contributed by atoms with E-state index in [-0.39, 0.29) is 25.4 Å². The Morgan fingerprint density at radius 1 is 0.583 bits per heavy atom. The van der Waals surface area contributed by atoms with E-state index in [2.05, 4.69) is 6.92 Å². The molecule has 0 aliphatic carbocycles. The van der Waals surface area contributed by atoms with Gasteiger partial charge in [0.2, 0.25) is 0 Å². The maximum absolute atomic E-state index is 9.52. The summed E-state index contributed by atoms with van der Waals surface area (Å²) in [6.45, 7) is 3.50. The molecular weight excluding hydrogens is 312 g/mol. The molecule has 0 rings (SSSR count). The third-order valence-electron chi connectivity index (χ3n) is 3.80. The Morgan fingerprint density at radius 3 is 1.42 bits per heavy atom. The Hall–Kier alpha value is -0.240. The lowest BCUT2D eigenvalue weighted by Gasteiger charge is -2.11. The molecule has 6 N–H and O–H groups in total. The van der Waals surface area contributed by atoms with Crippen LogP contribution in [0.5, 0.6) is 0 Å². The van der Waals surface area contributed by atoms with Gasteiger partial charge in [0, 0.05) is 0 Å². The first-order valence-electron chi connectivity index (χ1n) is 9.31. The van der Waals surface area contributed by atoms with Gasteiger partial charge in [-0.2, -0.15) is 0 Å². The summed E-state index contributed by atoms with van der Waals surface area (Å²) >= 11 is 0. The van der Waals surface area contributed by atoms with Crippen molar-refractivity contribution in [1.29, 1.82) is 0 Å². The van der Waals surface area contributed by atoms with Crippen LogP contribution in [-0.4, -0.2) is 68.3 Å². The van der Waals surface area contributed by atoms with Crippen LogP contribution in [0.15, 0.2) is 0 Å². The maximum atomic E-state index is 9.52. The second-order valence-electron chi connectivity index (χ2n) is 6.53. The molecule has 0 aromatic rings. The van der Waals surface area contributed by atoms with E-state index >= 15 is 0 Å². The van der Waals surface area contributed by atoms with Crippen molar-refractivity contribution < 1.29 is 30.6 Å². The predicted molar refractivity (Wildman–Crippen MR) is 95.7 cm³/mol. The number of rotatable bonds is 14. The first-order valence-corrected chi connectivity index (χ1v) is 9.31. The van der Waals surface area contributed by atoms with Crippen LogP contribution < -0.4 is 0 Å². The van der Waals surface area contributed by atoms with Crippen molar-refractivity contribution in [3.8, 4) is 0 Å². The Bertz CT molecular complexity index is 238. The van der Waals surface area contributed by atoms with E-state index in [0.29, 0.717) is 19.3 Å². The van der Waals surface area contributed by atoms with Crippen molar-refractivity contribution in [2.24, 2.45) is 0 Å². The fourth-order valence-electron chi connectivity index (χ4n) is 2.19. The quantitative estimate of drug-likeness (QED) is 0.262. The van der Waals surface area contributed by atoms with E-state index in [1.54, 1.807) is 6.92 Å². The van der Waals surface area contributed by atoms with Crippen LogP contribution in [-0.2, 0) is 0 Å². The molecule has 4 atom stereocenters. The molecule has 0 aliphatic rings. The third-order valence-corrected chi connectivity index (χ3v) is 3.80. The van der Waals surface area contributed by atoms with Gasteiger partial charge in [-0.1, -0.05) is 26.2 Å². The highest BCUT2D eigenvalue weighted by Crippen LogP contribution is 2.10. The highest BCUT2D eigenvalue weighted by molar-refractivity contribution is 4.59. The van der Waals surface area contributed by atoms with Crippen LogP contribution in [0, 0.1) is 0 Å². The molecule has 148 valence electrons. The number of hydrogen-bond donors (Lipinski definition) is 6. The summed E-state index contributed by atoms with van der Waals surface area (Å²) in [5, 5.41) is 53.2. The second-order valence-corrected chi connectivity index (χ2v) is 6.53. The van der Waals surface area contributed by atoms with Gasteiger partial charge in [0.1, 0.15) is 0 Å². The van der Waals surface area contributed by atoms with Gasteiger partial charge in [-0.25, -0.2) is 0 Å². The Balaban J connectivity index is 0. The van der Waals surface area contributed by atoms with E-state index in [1.807, 2.05) is 0 Å². The minimum Gasteiger partial charge on any atom is -0.394 e.